The van der Waals surface area contributed by atoms with Gasteiger partial charge in [0.1, 0.15) is 0 Å². The summed E-state index contributed by atoms with van der Waals surface area (Å²) in [7, 11) is 0. The first kappa shape index (κ1) is 23.4. The van der Waals surface area contributed by atoms with Crippen LogP contribution in [0.5, 0.6) is 0 Å². The molecule has 0 spiro atoms. The van der Waals surface area contributed by atoms with Crippen molar-refractivity contribution >= 4 is 22.9 Å². The fourth-order valence-corrected chi connectivity index (χ4v) is 5.18. The lowest BCUT2D eigenvalue weighted by atomic mass is 10.0. The molecular weight excluding hydrogens is 466 g/mol. The molecule has 1 atom stereocenters. The van der Waals surface area contributed by atoms with Crippen molar-refractivity contribution in [3.8, 4) is 5.69 Å². The number of rotatable bonds is 5. The average molecular weight is 496 g/mol. The monoisotopic (exact) mass is 495 g/mol. The van der Waals surface area contributed by atoms with E-state index in [-0.39, 0.29) is 17.6 Å². The lowest BCUT2D eigenvalue weighted by molar-refractivity contribution is 0.0858. The van der Waals surface area contributed by atoms with Crippen molar-refractivity contribution in [1.29, 1.82) is 0 Å². The molecule has 2 aliphatic heterocycles. The smallest absolute Gasteiger partial charge is 0.256 e. The number of hydrogen-bond acceptors (Lipinski definition) is 6. The van der Waals surface area contributed by atoms with Crippen LogP contribution in [0.4, 0.5) is 5.95 Å². The Labute approximate surface area is 214 Å². The summed E-state index contributed by atoms with van der Waals surface area (Å²) in [5, 5.41) is 3.76. The molecule has 2 aromatic carbocycles. The van der Waals surface area contributed by atoms with E-state index in [2.05, 4.69) is 34.5 Å². The zero-order chi connectivity index (χ0) is 25.4. The minimum atomic E-state index is -0.184. The van der Waals surface area contributed by atoms with Crippen LogP contribution in [0.1, 0.15) is 40.0 Å². The molecule has 1 amide bonds. The van der Waals surface area contributed by atoms with Gasteiger partial charge in [0.2, 0.25) is 5.95 Å². The maximum absolute atomic E-state index is 13.1. The third-order valence-corrected chi connectivity index (χ3v) is 7.24. The van der Waals surface area contributed by atoms with E-state index in [1.807, 2.05) is 6.92 Å². The zero-order valence-electron chi connectivity index (χ0n) is 20.8. The summed E-state index contributed by atoms with van der Waals surface area (Å²) in [5.74, 6) is 0.460. The van der Waals surface area contributed by atoms with Crippen molar-refractivity contribution in [1.82, 2.24) is 19.9 Å². The van der Waals surface area contributed by atoms with E-state index < -0.39 is 0 Å². The van der Waals surface area contributed by atoms with Gasteiger partial charge in [0, 0.05) is 43.3 Å². The summed E-state index contributed by atoms with van der Waals surface area (Å²) in [6, 6.07) is 18.8. The van der Waals surface area contributed by atoms with E-state index >= 15 is 0 Å². The Morgan fingerprint density at radius 3 is 2.65 bits per heavy atom. The Balaban J connectivity index is 1.31. The van der Waals surface area contributed by atoms with Crippen molar-refractivity contribution in [2.75, 3.05) is 24.6 Å². The van der Waals surface area contributed by atoms with Crippen LogP contribution >= 0.6 is 0 Å². The highest BCUT2D eigenvalue weighted by Crippen LogP contribution is 2.25. The van der Waals surface area contributed by atoms with E-state index in [1.54, 1.807) is 34.9 Å². The van der Waals surface area contributed by atoms with Crippen LogP contribution in [0, 0.1) is 6.92 Å². The number of benzene rings is 2. The van der Waals surface area contributed by atoms with Gasteiger partial charge in [-0.25, -0.2) is 4.98 Å². The highest BCUT2D eigenvalue weighted by Gasteiger charge is 2.21. The minimum absolute atomic E-state index is 0.0861. The van der Waals surface area contributed by atoms with Crippen molar-refractivity contribution in [3.05, 3.63) is 93.4 Å². The first-order chi connectivity index (χ1) is 18.1. The number of carbonyl (C=O) groups is 1. The molecule has 1 fully saturated rings. The topological polar surface area (TPSA) is 89.4 Å². The number of aromatic nitrogens is 3. The van der Waals surface area contributed by atoms with E-state index in [9.17, 15) is 9.59 Å². The summed E-state index contributed by atoms with van der Waals surface area (Å²) in [6.07, 6.45) is 3.01. The normalized spacial score (nSPS) is 17.1. The Kier molecular flexibility index (Phi) is 6.18. The van der Waals surface area contributed by atoms with E-state index in [0.717, 1.165) is 50.0 Å². The molecule has 0 saturated carbocycles. The van der Waals surface area contributed by atoms with Crippen LogP contribution in [-0.2, 0) is 17.7 Å². The van der Waals surface area contributed by atoms with Gasteiger partial charge >= 0.3 is 0 Å². The number of hydrogen-bond donors (Lipinski definition) is 1. The van der Waals surface area contributed by atoms with Crippen LogP contribution in [0.3, 0.4) is 0 Å². The molecule has 37 heavy (non-hydrogen) atoms. The number of nitrogens with zero attached hydrogens (tertiary/aromatic N) is 4. The number of nitrogens with one attached hydrogen (secondary N) is 1. The first-order valence-electron chi connectivity index (χ1n) is 12.8. The Hall–Kier alpha value is -4.04. The Morgan fingerprint density at radius 1 is 1.05 bits per heavy atom. The van der Waals surface area contributed by atoms with Crippen LogP contribution < -0.4 is 15.8 Å². The second-order valence-corrected chi connectivity index (χ2v) is 9.69. The standard InChI is InChI=1S/C29H29N5O3/c1-19-25-12-13-26(35)34(23-10-8-21(9-11-23)28(36)30-17-24-7-4-16-37-24)27(25)32-29(31-19)33-15-14-20-5-2-3-6-22(20)18-33/h2-3,5-6,8-13,24H,4,7,14-18H2,1H3,(H,30,36). The molecular formula is C29H29N5O3. The highest BCUT2D eigenvalue weighted by molar-refractivity contribution is 5.94. The molecule has 8 nitrogen and oxygen atoms in total. The van der Waals surface area contributed by atoms with Gasteiger partial charge in [-0.3, -0.25) is 14.2 Å². The third kappa shape index (κ3) is 4.60. The van der Waals surface area contributed by atoms with Crippen molar-refractivity contribution in [3.63, 3.8) is 0 Å². The van der Waals surface area contributed by atoms with Crippen LogP contribution in [0.2, 0.25) is 0 Å². The van der Waals surface area contributed by atoms with Gasteiger partial charge in [0.15, 0.2) is 5.65 Å². The fraction of sp³-hybridized carbons (Fsp3) is 0.310. The van der Waals surface area contributed by atoms with Gasteiger partial charge in [0.25, 0.3) is 11.5 Å². The van der Waals surface area contributed by atoms with Crippen LogP contribution in [0.15, 0.2) is 65.5 Å². The molecule has 4 aromatic rings. The maximum atomic E-state index is 13.1. The predicted molar refractivity (Wildman–Crippen MR) is 142 cm³/mol. The lowest BCUT2D eigenvalue weighted by Gasteiger charge is -2.29. The molecule has 1 unspecified atom stereocenters. The zero-order valence-corrected chi connectivity index (χ0v) is 20.8. The number of anilines is 1. The molecule has 8 heteroatoms. The summed E-state index contributed by atoms with van der Waals surface area (Å²) >= 11 is 0. The van der Waals surface area contributed by atoms with Gasteiger partial charge in [-0.2, -0.15) is 4.98 Å². The van der Waals surface area contributed by atoms with Gasteiger partial charge < -0.3 is 15.0 Å². The largest absolute Gasteiger partial charge is 0.376 e. The molecule has 2 aliphatic rings. The van der Waals surface area contributed by atoms with Gasteiger partial charge in [-0.05, 0) is 67.6 Å². The molecule has 1 N–H and O–H groups in total. The Morgan fingerprint density at radius 2 is 1.86 bits per heavy atom. The second kappa shape index (κ2) is 9.78. The van der Waals surface area contributed by atoms with Gasteiger partial charge in [-0.1, -0.05) is 24.3 Å². The third-order valence-electron chi connectivity index (χ3n) is 7.24. The quantitative estimate of drug-likeness (QED) is 0.456. The lowest BCUT2D eigenvalue weighted by Crippen LogP contribution is -2.32. The van der Waals surface area contributed by atoms with Crippen molar-refractivity contribution in [2.45, 2.75) is 38.8 Å². The predicted octanol–water partition coefficient (Wildman–Crippen LogP) is 3.56. The molecule has 188 valence electrons. The maximum Gasteiger partial charge on any atom is 0.256 e. The Bertz CT molecular complexity index is 1520. The highest BCUT2D eigenvalue weighted by atomic mass is 16.5. The van der Waals surface area contributed by atoms with Gasteiger partial charge in [0.05, 0.1) is 17.5 Å². The SMILES string of the molecule is Cc1nc(N2CCc3ccccc3C2)nc2c1ccc(=O)n2-c1ccc(C(=O)NCC2CCCO2)cc1. The van der Waals surface area contributed by atoms with Crippen LogP contribution in [0.25, 0.3) is 16.7 Å². The molecule has 0 radical (unpaired) electrons. The van der Waals surface area contributed by atoms with E-state index in [4.69, 9.17) is 14.7 Å². The number of pyridine rings is 1. The number of ether oxygens (including phenoxy) is 1. The van der Waals surface area contributed by atoms with Gasteiger partial charge in [-0.15, -0.1) is 0 Å². The summed E-state index contributed by atoms with van der Waals surface area (Å²) in [6.45, 7) is 4.75. The molecule has 6 rings (SSSR count). The average Bonchev–Trinajstić information content (AvgIpc) is 3.45. The van der Waals surface area contributed by atoms with Crippen LogP contribution in [-0.4, -0.2) is 46.2 Å². The second-order valence-electron chi connectivity index (χ2n) is 9.69. The molecule has 2 aromatic heterocycles. The molecule has 0 aliphatic carbocycles. The molecule has 1 saturated heterocycles. The summed E-state index contributed by atoms with van der Waals surface area (Å²) < 4.78 is 7.18. The number of aryl methyl sites for hydroxylation is 1. The number of carbonyl (C=O) groups excluding carboxylic acids is 1. The number of fused-ring (bicyclic) bond motifs is 2. The molecule has 4 heterocycles. The first-order valence-corrected chi connectivity index (χ1v) is 12.8. The number of amides is 1. The van der Waals surface area contributed by atoms with E-state index in [1.165, 1.54) is 17.2 Å². The molecule has 0 bridgehead atoms. The summed E-state index contributed by atoms with van der Waals surface area (Å²) in [4.78, 5) is 37.5. The minimum Gasteiger partial charge on any atom is -0.376 e. The van der Waals surface area contributed by atoms with Crippen molar-refractivity contribution in [2.24, 2.45) is 0 Å². The van der Waals surface area contributed by atoms with Crippen molar-refractivity contribution < 1.29 is 9.53 Å². The van der Waals surface area contributed by atoms with E-state index in [0.29, 0.717) is 29.4 Å². The fourth-order valence-electron chi connectivity index (χ4n) is 5.18. The summed E-state index contributed by atoms with van der Waals surface area (Å²) in [5.41, 5.74) is 5.01.